The molecule has 1 aliphatic carbocycles. The van der Waals surface area contributed by atoms with Crippen LogP contribution < -0.4 is 5.32 Å². The van der Waals surface area contributed by atoms with Gasteiger partial charge in [0.25, 0.3) is 0 Å². The van der Waals surface area contributed by atoms with E-state index in [4.69, 9.17) is 16.0 Å². The van der Waals surface area contributed by atoms with Crippen molar-refractivity contribution < 1.29 is 4.42 Å². The lowest BCUT2D eigenvalue weighted by atomic mass is 9.98. The highest BCUT2D eigenvalue weighted by atomic mass is 35.5. The van der Waals surface area contributed by atoms with Gasteiger partial charge in [-0.3, -0.25) is 0 Å². The molecular formula is C17H20ClNO. The Kier molecular flexibility index (Phi) is 4.13. The Labute approximate surface area is 125 Å². The van der Waals surface area contributed by atoms with Crippen molar-refractivity contribution in [1.82, 2.24) is 5.32 Å². The van der Waals surface area contributed by atoms with Crippen LogP contribution in [0.4, 0.5) is 0 Å². The van der Waals surface area contributed by atoms with Crippen molar-refractivity contribution in [3.63, 3.8) is 0 Å². The van der Waals surface area contributed by atoms with Gasteiger partial charge in [-0.05, 0) is 66.6 Å². The van der Waals surface area contributed by atoms with Gasteiger partial charge in [-0.2, -0.15) is 0 Å². The highest BCUT2D eigenvalue weighted by Crippen LogP contribution is 2.29. The molecular weight excluding hydrogens is 270 g/mol. The first kappa shape index (κ1) is 13.7. The highest BCUT2D eigenvalue weighted by Gasteiger charge is 2.18. The number of aryl methyl sites for hydroxylation is 2. The van der Waals surface area contributed by atoms with E-state index >= 15 is 0 Å². The lowest BCUT2D eigenvalue weighted by Crippen LogP contribution is -2.22. The summed E-state index contributed by atoms with van der Waals surface area (Å²) in [6.45, 7) is 3.03. The number of hydrogen-bond acceptors (Lipinski definition) is 2. The van der Waals surface area contributed by atoms with Gasteiger partial charge >= 0.3 is 0 Å². The van der Waals surface area contributed by atoms with Crippen LogP contribution in [0.2, 0.25) is 5.22 Å². The third-order valence-electron chi connectivity index (χ3n) is 4.07. The van der Waals surface area contributed by atoms with Gasteiger partial charge in [-0.1, -0.05) is 25.1 Å². The molecule has 3 rings (SSSR count). The van der Waals surface area contributed by atoms with Crippen molar-refractivity contribution in [2.45, 2.75) is 38.6 Å². The summed E-state index contributed by atoms with van der Waals surface area (Å²) >= 11 is 6.12. The van der Waals surface area contributed by atoms with E-state index in [9.17, 15) is 0 Å². The third-order valence-corrected chi connectivity index (χ3v) is 4.38. The molecule has 1 heterocycles. The zero-order valence-corrected chi connectivity index (χ0v) is 12.5. The van der Waals surface area contributed by atoms with Crippen LogP contribution >= 0.6 is 11.6 Å². The molecule has 0 bridgehead atoms. The fourth-order valence-electron chi connectivity index (χ4n) is 3.08. The van der Waals surface area contributed by atoms with Crippen LogP contribution in [0.1, 0.15) is 41.6 Å². The molecule has 1 N–H and O–H groups in total. The van der Waals surface area contributed by atoms with E-state index in [1.165, 1.54) is 36.0 Å². The van der Waals surface area contributed by atoms with Gasteiger partial charge in [0.1, 0.15) is 0 Å². The molecule has 0 saturated heterocycles. The van der Waals surface area contributed by atoms with Crippen LogP contribution in [0.15, 0.2) is 34.9 Å². The normalized spacial score (nSPS) is 15.3. The van der Waals surface area contributed by atoms with Crippen LogP contribution in [0, 0.1) is 0 Å². The Hall–Kier alpha value is -1.25. The predicted octanol–water partition coefficient (Wildman–Crippen LogP) is 4.32. The Morgan fingerprint density at radius 3 is 2.85 bits per heavy atom. The second kappa shape index (κ2) is 6.02. The molecule has 20 heavy (non-hydrogen) atoms. The lowest BCUT2D eigenvalue weighted by Gasteiger charge is -2.17. The van der Waals surface area contributed by atoms with E-state index in [0.29, 0.717) is 5.22 Å². The van der Waals surface area contributed by atoms with E-state index in [-0.39, 0.29) is 6.04 Å². The molecule has 0 spiro atoms. The van der Waals surface area contributed by atoms with Crippen LogP contribution in [0.3, 0.4) is 0 Å². The summed E-state index contributed by atoms with van der Waals surface area (Å²) in [6.07, 6.45) is 6.36. The molecule has 2 aromatic rings. The molecule has 0 amide bonds. The first-order valence-corrected chi connectivity index (χ1v) is 7.72. The summed E-state index contributed by atoms with van der Waals surface area (Å²) in [6, 6.07) is 9.08. The van der Waals surface area contributed by atoms with E-state index in [1.807, 2.05) is 6.07 Å². The summed E-state index contributed by atoms with van der Waals surface area (Å²) in [5.41, 5.74) is 5.47. The third kappa shape index (κ3) is 2.77. The number of benzene rings is 1. The molecule has 1 aromatic heterocycles. The molecule has 3 heteroatoms. The molecule has 0 radical (unpaired) electrons. The maximum absolute atomic E-state index is 6.12. The molecule has 1 atom stereocenters. The second-order valence-corrected chi connectivity index (χ2v) is 5.76. The van der Waals surface area contributed by atoms with Crippen LogP contribution in [-0.4, -0.2) is 6.54 Å². The summed E-state index contributed by atoms with van der Waals surface area (Å²) in [4.78, 5) is 0. The quantitative estimate of drug-likeness (QED) is 0.887. The SMILES string of the molecule is CCNC(Cc1ccc2c(c1)CCC2)c1ccoc1Cl. The van der Waals surface area contributed by atoms with Crippen molar-refractivity contribution in [3.8, 4) is 0 Å². The van der Waals surface area contributed by atoms with Gasteiger partial charge in [0.15, 0.2) is 5.22 Å². The minimum absolute atomic E-state index is 0.214. The average Bonchev–Trinajstić information content (AvgIpc) is 3.06. The van der Waals surface area contributed by atoms with Gasteiger partial charge < -0.3 is 9.73 Å². The number of furan rings is 1. The smallest absolute Gasteiger partial charge is 0.197 e. The van der Waals surface area contributed by atoms with Crippen LogP contribution in [-0.2, 0) is 19.3 Å². The van der Waals surface area contributed by atoms with Crippen molar-refractivity contribution in [1.29, 1.82) is 0 Å². The summed E-state index contributed by atoms with van der Waals surface area (Å²) in [5.74, 6) is 0. The Morgan fingerprint density at radius 2 is 2.10 bits per heavy atom. The van der Waals surface area contributed by atoms with Gasteiger partial charge in [0.2, 0.25) is 0 Å². The topological polar surface area (TPSA) is 25.2 Å². The summed E-state index contributed by atoms with van der Waals surface area (Å²) < 4.78 is 5.23. The second-order valence-electron chi connectivity index (χ2n) is 5.42. The van der Waals surface area contributed by atoms with E-state index < -0.39 is 0 Å². The monoisotopic (exact) mass is 289 g/mol. The highest BCUT2D eigenvalue weighted by molar-refractivity contribution is 6.29. The van der Waals surface area contributed by atoms with E-state index in [0.717, 1.165) is 18.5 Å². The summed E-state index contributed by atoms with van der Waals surface area (Å²) in [5, 5.41) is 3.99. The minimum Gasteiger partial charge on any atom is -0.453 e. The van der Waals surface area contributed by atoms with Crippen molar-refractivity contribution in [3.05, 3.63) is 58.0 Å². The number of halogens is 1. The largest absolute Gasteiger partial charge is 0.453 e. The number of rotatable bonds is 5. The van der Waals surface area contributed by atoms with E-state index in [2.05, 4.69) is 30.4 Å². The number of likely N-dealkylation sites (N-methyl/N-ethyl adjacent to an activating group) is 1. The Balaban J connectivity index is 1.81. The zero-order chi connectivity index (χ0) is 13.9. The molecule has 1 unspecified atom stereocenters. The van der Waals surface area contributed by atoms with Gasteiger partial charge in [-0.25, -0.2) is 0 Å². The van der Waals surface area contributed by atoms with Crippen molar-refractivity contribution >= 4 is 11.6 Å². The molecule has 1 aliphatic rings. The molecule has 0 fully saturated rings. The Bertz CT molecular complexity index is 590. The molecule has 1 aromatic carbocycles. The predicted molar refractivity (Wildman–Crippen MR) is 82.3 cm³/mol. The van der Waals surface area contributed by atoms with Gasteiger partial charge in [-0.15, -0.1) is 0 Å². The standard InChI is InChI=1S/C17H20ClNO/c1-2-19-16(15-8-9-20-17(15)18)11-12-6-7-13-4-3-5-14(13)10-12/h6-10,16,19H,2-5,11H2,1H3. The lowest BCUT2D eigenvalue weighted by molar-refractivity contribution is 0.526. The first-order valence-electron chi connectivity index (χ1n) is 7.35. The fraction of sp³-hybridized carbons (Fsp3) is 0.412. The fourth-order valence-corrected chi connectivity index (χ4v) is 3.33. The zero-order valence-electron chi connectivity index (χ0n) is 11.8. The average molecular weight is 290 g/mol. The first-order chi connectivity index (χ1) is 9.78. The van der Waals surface area contributed by atoms with E-state index in [1.54, 1.807) is 6.26 Å². The van der Waals surface area contributed by atoms with Crippen molar-refractivity contribution in [2.24, 2.45) is 0 Å². The molecule has 0 saturated carbocycles. The van der Waals surface area contributed by atoms with Crippen molar-refractivity contribution in [2.75, 3.05) is 6.54 Å². The molecule has 2 nitrogen and oxygen atoms in total. The van der Waals surface area contributed by atoms with Gasteiger partial charge in [0, 0.05) is 11.6 Å². The number of fused-ring (bicyclic) bond motifs is 1. The van der Waals surface area contributed by atoms with Crippen LogP contribution in [0.5, 0.6) is 0 Å². The number of nitrogens with one attached hydrogen (secondary N) is 1. The number of hydrogen-bond donors (Lipinski definition) is 1. The maximum atomic E-state index is 6.12. The van der Waals surface area contributed by atoms with Crippen LogP contribution in [0.25, 0.3) is 0 Å². The maximum Gasteiger partial charge on any atom is 0.197 e. The van der Waals surface area contributed by atoms with Gasteiger partial charge in [0.05, 0.1) is 6.26 Å². The Morgan fingerprint density at radius 1 is 1.25 bits per heavy atom. The summed E-state index contributed by atoms with van der Waals surface area (Å²) in [7, 11) is 0. The molecule has 106 valence electrons. The molecule has 0 aliphatic heterocycles. The minimum atomic E-state index is 0.214.